The van der Waals surface area contributed by atoms with Gasteiger partial charge in [0.25, 0.3) is 0 Å². The summed E-state index contributed by atoms with van der Waals surface area (Å²) in [6, 6.07) is 5.47. The number of nitrogens with one attached hydrogen (secondary N) is 1. The maximum absolute atomic E-state index is 13.4. The predicted octanol–water partition coefficient (Wildman–Crippen LogP) is 5.35. The van der Waals surface area contributed by atoms with Crippen molar-refractivity contribution in [2.24, 2.45) is 11.8 Å². The molecule has 1 N–H and O–H groups in total. The molecule has 1 fully saturated rings. The number of hydrogen-bond donors (Lipinski definition) is 1. The Morgan fingerprint density at radius 2 is 2.05 bits per heavy atom. The Balaban J connectivity index is 2.26. The molecule has 1 saturated carbocycles. The van der Waals surface area contributed by atoms with Gasteiger partial charge in [-0.2, -0.15) is 0 Å². The minimum absolute atomic E-state index is 0.231. The lowest BCUT2D eigenvalue weighted by molar-refractivity contribution is 0.176. The summed E-state index contributed by atoms with van der Waals surface area (Å²) < 4.78 is 13.4. The van der Waals surface area contributed by atoms with E-state index in [1.807, 2.05) is 6.07 Å². The van der Waals surface area contributed by atoms with Crippen molar-refractivity contribution < 1.29 is 4.39 Å². The van der Waals surface area contributed by atoms with Crippen molar-refractivity contribution in [2.45, 2.75) is 52.0 Å². The zero-order valence-corrected chi connectivity index (χ0v) is 13.2. The summed E-state index contributed by atoms with van der Waals surface area (Å²) in [4.78, 5) is 0. The molecule has 0 aromatic heterocycles. The highest BCUT2D eigenvalue weighted by molar-refractivity contribution is 6.30. The van der Waals surface area contributed by atoms with E-state index in [1.165, 1.54) is 38.2 Å². The van der Waals surface area contributed by atoms with E-state index >= 15 is 0 Å². The van der Waals surface area contributed by atoms with E-state index in [4.69, 9.17) is 11.6 Å². The lowest BCUT2D eigenvalue weighted by Gasteiger charge is -2.37. The van der Waals surface area contributed by atoms with Crippen LogP contribution in [0.15, 0.2) is 18.2 Å². The average Bonchev–Trinajstić information content (AvgIpc) is 2.48. The average molecular weight is 298 g/mol. The molecule has 0 saturated heterocycles. The number of benzene rings is 1. The van der Waals surface area contributed by atoms with E-state index in [0.717, 1.165) is 18.0 Å². The Kier molecular flexibility index (Phi) is 5.86. The van der Waals surface area contributed by atoms with Gasteiger partial charge in [-0.05, 0) is 42.5 Å². The first kappa shape index (κ1) is 15.8. The smallest absolute Gasteiger partial charge is 0.141 e. The van der Waals surface area contributed by atoms with Gasteiger partial charge in [-0.25, -0.2) is 4.39 Å². The first-order chi connectivity index (χ1) is 9.67. The van der Waals surface area contributed by atoms with E-state index in [-0.39, 0.29) is 10.8 Å². The van der Waals surface area contributed by atoms with Crippen LogP contribution < -0.4 is 5.32 Å². The molecule has 1 aliphatic carbocycles. The molecule has 0 amide bonds. The number of halogens is 2. The summed E-state index contributed by atoms with van der Waals surface area (Å²) in [5, 5.41) is 3.83. The van der Waals surface area contributed by atoms with Crippen LogP contribution in [0.2, 0.25) is 5.02 Å². The molecule has 0 radical (unpaired) electrons. The molecule has 1 aromatic rings. The molecule has 0 aliphatic heterocycles. The maximum Gasteiger partial charge on any atom is 0.141 e. The molecule has 112 valence electrons. The van der Waals surface area contributed by atoms with E-state index in [1.54, 1.807) is 6.07 Å². The fourth-order valence-electron chi connectivity index (χ4n) is 3.62. The first-order valence-electron chi connectivity index (χ1n) is 7.85. The molecule has 1 nitrogen and oxygen atoms in total. The zero-order valence-electron chi connectivity index (χ0n) is 12.5. The number of hydrogen-bond acceptors (Lipinski definition) is 1. The standard InChI is InChI=1S/C17H25ClFN/c1-3-12-7-5-6-8-14(12)17(20-4-2)13-9-10-16(19)15(18)11-13/h9-12,14,17,20H,3-8H2,1-2H3. The zero-order chi connectivity index (χ0) is 14.5. The van der Waals surface area contributed by atoms with Crippen LogP contribution in [0.4, 0.5) is 4.39 Å². The van der Waals surface area contributed by atoms with E-state index in [9.17, 15) is 4.39 Å². The Hall–Kier alpha value is -0.600. The third-order valence-corrected chi connectivity index (χ3v) is 4.94. The molecule has 3 heteroatoms. The highest BCUT2D eigenvalue weighted by Gasteiger charge is 2.31. The molecule has 1 aromatic carbocycles. The topological polar surface area (TPSA) is 12.0 Å². The fourth-order valence-corrected chi connectivity index (χ4v) is 3.81. The van der Waals surface area contributed by atoms with Gasteiger partial charge in [0.1, 0.15) is 5.82 Å². The van der Waals surface area contributed by atoms with Crippen molar-refractivity contribution in [3.8, 4) is 0 Å². The second-order valence-corrected chi connectivity index (χ2v) is 6.23. The van der Waals surface area contributed by atoms with Gasteiger partial charge in [0.2, 0.25) is 0 Å². The van der Waals surface area contributed by atoms with Gasteiger partial charge in [-0.15, -0.1) is 0 Å². The van der Waals surface area contributed by atoms with Gasteiger partial charge in [0, 0.05) is 6.04 Å². The van der Waals surface area contributed by atoms with Gasteiger partial charge in [0.15, 0.2) is 0 Å². The molecule has 2 rings (SSSR count). The Morgan fingerprint density at radius 3 is 2.70 bits per heavy atom. The molecule has 3 atom stereocenters. The maximum atomic E-state index is 13.4. The summed E-state index contributed by atoms with van der Waals surface area (Å²) in [7, 11) is 0. The molecular formula is C17H25ClFN. The normalized spacial score (nSPS) is 24.6. The summed E-state index contributed by atoms with van der Waals surface area (Å²) in [6.45, 7) is 5.33. The van der Waals surface area contributed by atoms with Gasteiger partial charge >= 0.3 is 0 Å². The third-order valence-electron chi connectivity index (χ3n) is 4.65. The van der Waals surface area contributed by atoms with Crippen LogP contribution in [0.25, 0.3) is 0 Å². The van der Waals surface area contributed by atoms with Crippen molar-refractivity contribution in [3.05, 3.63) is 34.6 Å². The monoisotopic (exact) mass is 297 g/mol. The minimum Gasteiger partial charge on any atom is -0.310 e. The van der Waals surface area contributed by atoms with Crippen molar-refractivity contribution in [1.29, 1.82) is 0 Å². The summed E-state index contributed by atoms with van der Waals surface area (Å²) in [5.74, 6) is 1.06. The van der Waals surface area contributed by atoms with Crippen molar-refractivity contribution >= 4 is 11.6 Å². The predicted molar refractivity (Wildman–Crippen MR) is 83.6 cm³/mol. The van der Waals surface area contributed by atoms with Crippen molar-refractivity contribution in [3.63, 3.8) is 0 Å². The van der Waals surface area contributed by atoms with Crippen molar-refractivity contribution in [2.75, 3.05) is 6.54 Å². The Bertz CT molecular complexity index is 435. The van der Waals surface area contributed by atoms with Crippen LogP contribution in [0.5, 0.6) is 0 Å². The lowest BCUT2D eigenvalue weighted by Crippen LogP contribution is -2.34. The highest BCUT2D eigenvalue weighted by atomic mass is 35.5. The van der Waals surface area contributed by atoms with Crippen LogP contribution in [-0.2, 0) is 0 Å². The third kappa shape index (κ3) is 3.53. The molecule has 1 aliphatic rings. The Labute approximate surface area is 126 Å². The SMILES string of the molecule is CCNC(c1ccc(F)c(Cl)c1)C1CCCCC1CC. The van der Waals surface area contributed by atoms with E-state index < -0.39 is 0 Å². The molecule has 3 unspecified atom stereocenters. The van der Waals surface area contributed by atoms with Crippen LogP contribution >= 0.6 is 11.6 Å². The highest BCUT2D eigenvalue weighted by Crippen LogP contribution is 2.40. The van der Waals surface area contributed by atoms with E-state index in [2.05, 4.69) is 19.2 Å². The van der Waals surface area contributed by atoms with Gasteiger partial charge < -0.3 is 5.32 Å². The van der Waals surface area contributed by atoms with Crippen LogP contribution in [-0.4, -0.2) is 6.54 Å². The van der Waals surface area contributed by atoms with Gasteiger partial charge in [-0.1, -0.05) is 57.2 Å². The lowest BCUT2D eigenvalue weighted by atomic mass is 9.72. The Morgan fingerprint density at radius 1 is 1.30 bits per heavy atom. The van der Waals surface area contributed by atoms with Crippen LogP contribution in [0, 0.1) is 17.7 Å². The second kappa shape index (κ2) is 7.42. The molecule has 0 heterocycles. The molecule has 20 heavy (non-hydrogen) atoms. The summed E-state index contributed by atoms with van der Waals surface area (Å²) in [6.07, 6.45) is 6.45. The summed E-state index contributed by atoms with van der Waals surface area (Å²) >= 11 is 5.96. The van der Waals surface area contributed by atoms with Crippen molar-refractivity contribution in [1.82, 2.24) is 5.32 Å². The fraction of sp³-hybridized carbons (Fsp3) is 0.647. The van der Waals surface area contributed by atoms with E-state index in [0.29, 0.717) is 12.0 Å². The first-order valence-corrected chi connectivity index (χ1v) is 8.23. The number of rotatable bonds is 5. The van der Waals surface area contributed by atoms with Crippen LogP contribution in [0.3, 0.4) is 0 Å². The largest absolute Gasteiger partial charge is 0.310 e. The second-order valence-electron chi connectivity index (χ2n) is 5.83. The van der Waals surface area contributed by atoms with Gasteiger partial charge in [0.05, 0.1) is 5.02 Å². The van der Waals surface area contributed by atoms with Crippen LogP contribution in [0.1, 0.15) is 57.6 Å². The molecule has 0 bridgehead atoms. The molecular weight excluding hydrogens is 273 g/mol. The van der Waals surface area contributed by atoms with Gasteiger partial charge in [-0.3, -0.25) is 0 Å². The minimum atomic E-state index is -0.332. The quantitative estimate of drug-likeness (QED) is 0.773. The summed E-state index contributed by atoms with van der Waals surface area (Å²) in [5.41, 5.74) is 1.13. The molecule has 0 spiro atoms.